The molecule has 0 unspecified atom stereocenters. The molecule has 1 fully saturated rings. The van der Waals surface area contributed by atoms with E-state index in [1.807, 2.05) is 13.0 Å². The largest absolute Gasteiger partial charge is 0.379 e. The minimum absolute atomic E-state index is 0.127. The number of ether oxygens (including phenoxy) is 1. The Balaban J connectivity index is 2.00. The number of rotatable bonds is 6. The summed E-state index contributed by atoms with van der Waals surface area (Å²) < 4.78 is 32.0. The molecule has 2 rings (SSSR count). The van der Waals surface area contributed by atoms with Gasteiger partial charge in [0.2, 0.25) is 5.91 Å². The number of carbonyl (C=O) groups is 1. The average Bonchev–Trinajstić information content (AvgIpc) is 3.03. The Hall–Kier alpha value is -1.22. The molecule has 0 saturated carbocycles. The summed E-state index contributed by atoms with van der Waals surface area (Å²) in [6, 6.07) is 3.35. The molecule has 0 aliphatic carbocycles. The molecule has 0 bridgehead atoms. The maximum absolute atomic E-state index is 12.5. The summed E-state index contributed by atoms with van der Waals surface area (Å²) in [6.07, 6.45) is 2.66. The molecular formula is C15H22N2O4S2. The van der Waals surface area contributed by atoms with Crippen LogP contribution in [-0.4, -0.2) is 44.9 Å². The minimum Gasteiger partial charge on any atom is -0.379 e. The van der Waals surface area contributed by atoms with E-state index < -0.39 is 10.0 Å². The highest BCUT2D eigenvalue weighted by atomic mass is 32.2. The van der Waals surface area contributed by atoms with E-state index in [4.69, 9.17) is 4.74 Å². The number of hydrogen-bond acceptors (Lipinski definition) is 5. The van der Waals surface area contributed by atoms with Crippen LogP contribution in [0.3, 0.4) is 0 Å². The Morgan fingerprint density at radius 3 is 2.74 bits per heavy atom. The van der Waals surface area contributed by atoms with E-state index in [0.29, 0.717) is 42.6 Å². The molecule has 0 spiro atoms. The molecule has 0 atom stereocenters. The summed E-state index contributed by atoms with van der Waals surface area (Å²) in [5.41, 5.74) is 0.671. The van der Waals surface area contributed by atoms with Crippen molar-refractivity contribution in [2.45, 2.75) is 31.0 Å². The standard InChI is InChI=1S/C15H22N2O4S2/c1-3-4-12(2)15(18)16-11-13-5-6-14(22-13)23(19,20)17-7-9-21-10-8-17/h4-6H,3,7-11H2,1-2H3,(H,16,18)/b12-4+. The highest BCUT2D eigenvalue weighted by Crippen LogP contribution is 2.25. The van der Waals surface area contributed by atoms with Gasteiger partial charge in [-0.25, -0.2) is 8.42 Å². The monoisotopic (exact) mass is 358 g/mol. The highest BCUT2D eigenvalue weighted by Gasteiger charge is 2.27. The van der Waals surface area contributed by atoms with Gasteiger partial charge in [0.15, 0.2) is 0 Å². The number of allylic oxidation sites excluding steroid dienone is 1. The van der Waals surface area contributed by atoms with E-state index in [0.717, 1.165) is 11.3 Å². The lowest BCUT2D eigenvalue weighted by Gasteiger charge is -2.25. The van der Waals surface area contributed by atoms with E-state index in [1.165, 1.54) is 15.6 Å². The van der Waals surface area contributed by atoms with E-state index in [-0.39, 0.29) is 5.91 Å². The first-order chi connectivity index (χ1) is 10.9. The Kier molecular flexibility index (Phi) is 6.34. The number of thiophene rings is 1. The van der Waals surface area contributed by atoms with Crippen molar-refractivity contribution in [3.05, 3.63) is 28.7 Å². The third-order valence-corrected chi connectivity index (χ3v) is 6.94. The lowest BCUT2D eigenvalue weighted by molar-refractivity contribution is -0.117. The zero-order valence-corrected chi connectivity index (χ0v) is 15.0. The van der Waals surface area contributed by atoms with E-state index >= 15 is 0 Å². The van der Waals surface area contributed by atoms with Crippen LogP contribution in [0, 0.1) is 0 Å². The van der Waals surface area contributed by atoms with Crippen molar-refractivity contribution < 1.29 is 17.9 Å². The minimum atomic E-state index is -3.46. The highest BCUT2D eigenvalue weighted by molar-refractivity contribution is 7.91. The fraction of sp³-hybridized carbons (Fsp3) is 0.533. The van der Waals surface area contributed by atoms with Crippen molar-refractivity contribution in [3.8, 4) is 0 Å². The molecule has 2 heterocycles. The van der Waals surface area contributed by atoms with Crippen molar-refractivity contribution in [1.29, 1.82) is 0 Å². The number of sulfonamides is 1. The molecule has 1 amide bonds. The molecule has 0 aromatic carbocycles. The summed E-state index contributed by atoms with van der Waals surface area (Å²) in [4.78, 5) is 12.7. The van der Waals surface area contributed by atoms with Crippen LogP contribution in [0.2, 0.25) is 0 Å². The first-order valence-electron chi connectivity index (χ1n) is 7.56. The van der Waals surface area contributed by atoms with Gasteiger partial charge < -0.3 is 10.1 Å². The number of hydrogen-bond donors (Lipinski definition) is 1. The molecular weight excluding hydrogens is 336 g/mol. The van der Waals surface area contributed by atoms with Gasteiger partial charge in [0.1, 0.15) is 4.21 Å². The predicted octanol–water partition coefficient (Wildman–Crippen LogP) is 1.74. The number of morpholine rings is 1. The molecule has 1 aromatic rings. The van der Waals surface area contributed by atoms with Crippen LogP contribution in [0.15, 0.2) is 28.0 Å². The molecule has 1 aliphatic heterocycles. The van der Waals surface area contributed by atoms with Gasteiger partial charge in [-0.2, -0.15) is 4.31 Å². The predicted molar refractivity (Wildman–Crippen MR) is 89.8 cm³/mol. The van der Waals surface area contributed by atoms with Gasteiger partial charge in [0.05, 0.1) is 19.8 Å². The van der Waals surface area contributed by atoms with Gasteiger partial charge in [-0.1, -0.05) is 13.0 Å². The number of nitrogens with zero attached hydrogens (tertiary/aromatic N) is 1. The van der Waals surface area contributed by atoms with Gasteiger partial charge >= 0.3 is 0 Å². The van der Waals surface area contributed by atoms with Gasteiger partial charge in [-0.3, -0.25) is 4.79 Å². The molecule has 1 N–H and O–H groups in total. The van der Waals surface area contributed by atoms with Crippen molar-refractivity contribution in [3.63, 3.8) is 0 Å². The first-order valence-corrected chi connectivity index (χ1v) is 9.82. The van der Waals surface area contributed by atoms with Gasteiger partial charge in [-0.15, -0.1) is 11.3 Å². The molecule has 0 radical (unpaired) electrons. The quantitative estimate of drug-likeness (QED) is 0.786. The molecule has 23 heavy (non-hydrogen) atoms. The van der Waals surface area contributed by atoms with Crippen molar-refractivity contribution >= 4 is 27.3 Å². The zero-order valence-electron chi connectivity index (χ0n) is 13.4. The average molecular weight is 358 g/mol. The molecule has 1 aromatic heterocycles. The van der Waals surface area contributed by atoms with Crippen molar-refractivity contribution in [2.24, 2.45) is 0 Å². The smallest absolute Gasteiger partial charge is 0.252 e. The second kappa shape index (κ2) is 8.05. The van der Waals surface area contributed by atoms with Crippen LogP contribution in [0.5, 0.6) is 0 Å². The van der Waals surface area contributed by atoms with Crippen LogP contribution in [0.1, 0.15) is 25.1 Å². The fourth-order valence-corrected chi connectivity index (χ4v) is 5.07. The molecule has 1 saturated heterocycles. The lowest BCUT2D eigenvalue weighted by Crippen LogP contribution is -2.40. The van der Waals surface area contributed by atoms with Crippen LogP contribution >= 0.6 is 11.3 Å². The normalized spacial score (nSPS) is 17.2. The third-order valence-electron chi connectivity index (χ3n) is 3.49. The van der Waals surface area contributed by atoms with Gasteiger partial charge in [0.25, 0.3) is 10.0 Å². The summed E-state index contributed by atoms with van der Waals surface area (Å²) in [6.45, 7) is 5.69. The van der Waals surface area contributed by atoms with Crippen molar-refractivity contribution in [1.82, 2.24) is 9.62 Å². The van der Waals surface area contributed by atoms with Crippen LogP contribution in [-0.2, 0) is 26.1 Å². The van der Waals surface area contributed by atoms with E-state index in [2.05, 4.69) is 5.32 Å². The lowest BCUT2D eigenvalue weighted by atomic mass is 10.2. The molecule has 8 heteroatoms. The van der Waals surface area contributed by atoms with Crippen LogP contribution in [0.4, 0.5) is 0 Å². The Morgan fingerprint density at radius 1 is 1.39 bits per heavy atom. The number of carbonyl (C=O) groups excluding carboxylic acids is 1. The Bertz CT molecular complexity index is 673. The summed E-state index contributed by atoms with van der Waals surface area (Å²) in [7, 11) is -3.46. The number of nitrogens with one attached hydrogen (secondary N) is 1. The first kappa shape index (κ1) is 18.1. The summed E-state index contributed by atoms with van der Waals surface area (Å²) in [5.74, 6) is -0.127. The van der Waals surface area contributed by atoms with Gasteiger partial charge in [-0.05, 0) is 25.5 Å². The number of amides is 1. The van der Waals surface area contributed by atoms with E-state index in [9.17, 15) is 13.2 Å². The second-order valence-electron chi connectivity index (χ2n) is 5.22. The topological polar surface area (TPSA) is 75.7 Å². The third kappa shape index (κ3) is 4.63. The Labute approximate surface area is 141 Å². The zero-order chi connectivity index (χ0) is 16.9. The van der Waals surface area contributed by atoms with Crippen molar-refractivity contribution in [2.75, 3.05) is 26.3 Å². The van der Waals surface area contributed by atoms with Crippen LogP contribution < -0.4 is 5.32 Å². The molecule has 1 aliphatic rings. The summed E-state index contributed by atoms with van der Waals surface area (Å²) in [5, 5.41) is 2.80. The maximum atomic E-state index is 12.5. The molecule has 6 nitrogen and oxygen atoms in total. The maximum Gasteiger partial charge on any atom is 0.252 e. The molecule has 128 valence electrons. The second-order valence-corrected chi connectivity index (χ2v) is 8.55. The van der Waals surface area contributed by atoms with Crippen LogP contribution in [0.25, 0.3) is 0 Å². The fourth-order valence-electron chi connectivity index (χ4n) is 2.21. The van der Waals surface area contributed by atoms with E-state index in [1.54, 1.807) is 19.1 Å². The Morgan fingerprint density at radius 2 is 2.09 bits per heavy atom. The SMILES string of the molecule is CC/C=C(\C)C(=O)NCc1ccc(S(=O)(=O)N2CCOCC2)s1. The summed E-state index contributed by atoms with van der Waals surface area (Å²) >= 11 is 1.20. The van der Waals surface area contributed by atoms with Gasteiger partial charge in [0, 0.05) is 23.5 Å².